The van der Waals surface area contributed by atoms with Crippen LogP contribution in [0.3, 0.4) is 0 Å². The number of methoxy groups -OCH3 is 2. The van der Waals surface area contributed by atoms with Crippen molar-refractivity contribution in [1.29, 1.82) is 0 Å². The van der Waals surface area contributed by atoms with E-state index in [2.05, 4.69) is 22.6 Å². The van der Waals surface area contributed by atoms with Crippen LogP contribution in [0.1, 0.15) is 12.5 Å². The maximum atomic E-state index is 11.7. The molecule has 1 heterocycles. The third-order valence-electron chi connectivity index (χ3n) is 3.02. The van der Waals surface area contributed by atoms with Gasteiger partial charge in [0.25, 0.3) is 0 Å². The van der Waals surface area contributed by atoms with E-state index in [-0.39, 0.29) is 5.97 Å². The van der Waals surface area contributed by atoms with E-state index in [1.807, 2.05) is 47.7 Å². The Bertz CT molecular complexity index is 568. The number of ether oxygens (including phenoxy) is 3. The second-order valence-electron chi connectivity index (χ2n) is 4.12. The fourth-order valence-electron chi connectivity index (χ4n) is 1.89. The smallest absolute Gasteiger partial charge is 0.346 e. The van der Waals surface area contributed by atoms with Gasteiger partial charge in [-0.1, -0.05) is 6.07 Å². The number of cyclic esters (lactones) is 1. The van der Waals surface area contributed by atoms with Gasteiger partial charge >= 0.3 is 5.97 Å². The molecule has 1 aliphatic heterocycles. The Labute approximate surface area is 138 Å². The van der Waals surface area contributed by atoms with Crippen molar-refractivity contribution in [2.75, 3.05) is 14.2 Å². The van der Waals surface area contributed by atoms with Gasteiger partial charge in [0, 0.05) is 5.56 Å². The van der Waals surface area contributed by atoms with Crippen LogP contribution in [-0.2, 0) is 15.1 Å². The molecular weight excluding hydrogens is 474 g/mol. The van der Waals surface area contributed by atoms with Crippen molar-refractivity contribution in [3.05, 3.63) is 30.9 Å². The first-order chi connectivity index (χ1) is 8.93. The second-order valence-corrected chi connectivity index (χ2v) is 6.28. The van der Waals surface area contributed by atoms with Crippen molar-refractivity contribution >= 4 is 51.2 Å². The molecule has 19 heavy (non-hydrogen) atoms. The van der Waals surface area contributed by atoms with Crippen LogP contribution in [0.15, 0.2) is 25.4 Å². The normalized spacial score (nSPS) is 22.5. The standard InChI is InChI=1S/C13H12I2O4/c1-13(11(15)10(14)12(16)19-13)7-4-5-8(17-2)9(6-7)18-3/h4-6H,1-3H3. The van der Waals surface area contributed by atoms with E-state index in [1.165, 1.54) is 0 Å². The summed E-state index contributed by atoms with van der Waals surface area (Å²) in [5.41, 5.74) is 0.0998. The van der Waals surface area contributed by atoms with E-state index in [1.54, 1.807) is 14.2 Å². The first-order valence-corrected chi connectivity index (χ1v) is 7.61. The van der Waals surface area contributed by atoms with Crippen LogP contribution in [0.25, 0.3) is 0 Å². The van der Waals surface area contributed by atoms with E-state index in [0.717, 1.165) is 9.14 Å². The maximum absolute atomic E-state index is 11.7. The van der Waals surface area contributed by atoms with E-state index in [4.69, 9.17) is 14.2 Å². The molecule has 0 fully saturated rings. The van der Waals surface area contributed by atoms with Gasteiger partial charge in [-0.25, -0.2) is 4.79 Å². The molecular formula is C13H12I2O4. The predicted octanol–water partition coefficient (Wildman–Crippen LogP) is 3.56. The molecule has 0 amide bonds. The van der Waals surface area contributed by atoms with Gasteiger partial charge in [0.1, 0.15) is 3.58 Å². The van der Waals surface area contributed by atoms with Crippen molar-refractivity contribution in [3.63, 3.8) is 0 Å². The van der Waals surface area contributed by atoms with Gasteiger partial charge in [0.15, 0.2) is 17.1 Å². The van der Waals surface area contributed by atoms with E-state index >= 15 is 0 Å². The lowest BCUT2D eigenvalue weighted by molar-refractivity contribution is -0.145. The molecule has 1 aliphatic rings. The molecule has 102 valence electrons. The van der Waals surface area contributed by atoms with Crippen molar-refractivity contribution in [2.45, 2.75) is 12.5 Å². The lowest BCUT2D eigenvalue weighted by atomic mass is 9.96. The zero-order chi connectivity index (χ0) is 14.2. The summed E-state index contributed by atoms with van der Waals surface area (Å²) in [6, 6.07) is 5.52. The fourth-order valence-corrected chi connectivity index (χ4v) is 3.16. The molecule has 6 heteroatoms. The minimum atomic E-state index is -0.756. The summed E-state index contributed by atoms with van der Waals surface area (Å²) in [7, 11) is 3.16. The highest BCUT2D eigenvalue weighted by molar-refractivity contribution is 14.1. The lowest BCUT2D eigenvalue weighted by Crippen LogP contribution is -2.23. The molecule has 0 radical (unpaired) electrons. The lowest BCUT2D eigenvalue weighted by Gasteiger charge is -2.25. The maximum Gasteiger partial charge on any atom is 0.346 e. The summed E-state index contributed by atoms with van der Waals surface area (Å²) in [6.07, 6.45) is 0. The number of esters is 1. The number of hydrogen-bond acceptors (Lipinski definition) is 4. The fraction of sp³-hybridized carbons (Fsp3) is 0.308. The van der Waals surface area contributed by atoms with Gasteiger partial charge in [-0.2, -0.15) is 0 Å². The summed E-state index contributed by atoms with van der Waals surface area (Å²) in [6.45, 7) is 1.87. The average Bonchev–Trinajstić information content (AvgIpc) is 2.62. The summed E-state index contributed by atoms with van der Waals surface area (Å²) in [5.74, 6) is 0.971. The molecule has 0 aliphatic carbocycles. The Balaban J connectivity index is 2.51. The van der Waals surface area contributed by atoms with E-state index < -0.39 is 5.60 Å². The zero-order valence-corrected chi connectivity index (χ0v) is 14.9. The zero-order valence-electron chi connectivity index (χ0n) is 10.6. The largest absolute Gasteiger partial charge is 0.493 e. The van der Waals surface area contributed by atoms with Crippen LogP contribution in [0, 0.1) is 0 Å². The van der Waals surface area contributed by atoms with Crippen molar-refractivity contribution in [2.24, 2.45) is 0 Å². The quantitative estimate of drug-likeness (QED) is 0.485. The molecule has 0 bridgehead atoms. The van der Waals surface area contributed by atoms with Crippen LogP contribution in [0.5, 0.6) is 11.5 Å². The third kappa shape index (κ3) is 2.44. The van der Waals surface area contributed by atoms with Gasteiger partial charge in [0.05, 0.1) is 17.8 Å². The summed E-state index contributed by atoms with van der Waals surface area (Å²) in [5, 5.41) is 0. The average molecular weight is 486 g/mol. The Morgan fingerprint density at radius 3 is 2.26 bits per heavy atom. The highest BCUT2D eigenvalue weighted by Crippen LogP contribution is 2.48. The molecule has 1 aromatic carbocycles. The first-order valence-electron chi connectivity index (χ1n) is 5.45. The van der Waals surface area contributed by atoms with Gasteiger partial charge in [0.2, 0.25) is 0 Å². The number of halogens is 2. The number of carbonyl (C=O) groups is 1. The van der Waals surface area contributed by atoms with Crippen molar-refractivity contribution in [3.8, 4) is 11.5 Å². The minimum absolute atomic E-state index is 0.290. The van der Waals surface area contributed by atoms with Crippen LogP contribution in [0.4, 0.5) is 0 Å². The van der Waals surface area contributed by atoms with E-state index in [0.29, 0.717) is 15.1 Å². The molecule has 0 aromatic heterocycles. The second kappa shape index (κ2) is 5.47. The molecule has 4 nitrogen and oxygen atoms in total. The van der Waals surface area contributed by atoms with Gasteiger partial charge in [-0.3, -0.25) is 0 Å². The highest BCUT2D eigenvalue weighted by Gasteiger charge is 2.43. The van der Waals surface area contributed by atoms with E-state index in [9.17, 15) is 4.79 Å². The summed E-state index contributed by atoms with van der Waals surface area (Å²) >= 11 is 4.16. The molecule has 1 aromatic rings. The Kier molecular flexibility index (Phi) is 4.29. The molecule has 1 atom stereocenters. The predicted molar refractivity (Wildman–Crippen MR) is 88.1 cm³/mol. The highest BCUT2D eigenvalue weighted by atomic mass is 127. The molecule has 0 N–H and O–H groups in total. The number of rotatable bonds is 3. The molecule has 0 saturated carbocycles. The SMILES string of the molecule is COc1ccc(C2(C)OC(=O)C(I)=C2I)cc1OC. The van der Waals surface area contributed by atoms with Crippen LogP contribution in [-0.4, -0.2) is 20.2 Å². The topological polar surface area (TPSA) is 44.8 Å². The van der Waals surface area contributed by atoms with Crippen LogP contribution >= 0.6 is 45.2 Å². The molecule has 2 rings (SSSR count). The Hall–Kier alpha value is -0.510. The van der Waals surface area contributed by atoms with Gasteiger partial charge < -0.3 is 14.2 Å². The van der Waals surface area contributed by atoms with Gasteiger partial charge in [-0.05, 0) is 64.2 Å². The minimum Gasteiger partial charge on any atom is -0.493 e. The molecule has 0 spiro atoms. The number of carbonyl (C=O) groups excluding carboxylic acids is 1. The number of hydrogen-bond donors (Lipinski definition) is 0. The van der Waals surface area contributed by atoms with Crippen LogP contribution in [0.2, 0.25) is 0 Å². The number of benzene rings is 1. The molecule has 0 saturated heterocycles. The Morgan fingerprint density at radius 1 is 1.16 bits per heavy atom. The van der Waals surface area contributed by atoms with Gasteiger partial charge in [-0.15, -0.1) is 0 Å². The monoisotopic (exact) mass is 486 g/mol. The molecule has 1 unspecified atom stereocenters. The third-order valence-corrected chi connectivity index (χ3v) is 6.60. The van der Waals surface area contributed by atoms with Crippen LogP contribution < -0.4 is 9.47 Å². The Morgan fingerprint density at radius 2 is 1.79 bits per heavy atom. The van der Waals surface area contributed by atoms with Crippen molar-refractivity contribution in [1.82, 2.24) is 0 Å². The first kappa shape index (κ1) is 14.9. The summed E-state index contributed by atoms with van der Waals surface area (Å²) in [4.78, 5) is 11.7. The van der Waals surface area contributed by atoms with Crippen molar-refractivity contribution < 1.29 is 19.0 Å². The summed E-state index contributed by atoms with van der Waals surface area (Å²) < 4.78 is 17.5.